The normalized spacial score (nSPS) is 9.22. The highest BCUT2D eigenvalue weighted by atomic mass is 16.5. The maximum atomic E-state index is 10.5. The first-order valence-electron chi connectivity index (χ1n) is 2.93. The van der Waals surface area contributed by atoms with Crippen molar-refractivity contribution < 1.29 is 10.0 Å². The molecule has 0 aliphatic carbocycles. The third kappa shape index (κ3) is 3.97. The second-order valence-corrected chi connectivity index (χ2v) is 1.87. The fourth-order valence-electron chi connectivity index (χ4n) is 0.438. The second-order valence-electron chi connectivity index (χ2n) is 1.87. The van der Waals surface area contributed by atoms with Crippen LogP contribution in [0.4, 0.5) is 0 Å². The number of hydrogen-bond donors (Lipinski definition) is 1. The zero-order valence-electron chi connectivity index (χ0n) is 5.63. The van der Waals surface area contributed by atoms with E-state index < -0.39 is 0 Å². The Kier molecular flexibility index (Phi) is 4.05. The molecular weight excluding hydrogens is 118 g/mol. The first-order valence-corrected chi connectivity index (χ1v) is 2.93. The lowest BCUT2D eigenvalue weighted by atomic mass is 10.2. The Hall–Kier alpha value is -0.570. The molecule has 1 amide bonds. The number of carbonyl (C=O) groups is 1. The monoisotopic (exact) mass is 130 g/mol. The Morgan fingerprint density at radius 3 is 2.67 bits per heavy atom. The lowest BCUT2D eigenvalue weighted by molar-refractivity contribution is -0.159. The van der Waals surface area contributed by atoms with Crippen LogP contribution in [0, 0.1) is 6.92 Å². The van der Waals surface area contributed by atoms with Crippen LogP contribution in [-0.4, -0.2) is 23.2 Å². The van der Waals surface area contributed by atoms with Crippen molar-refractivity contribution in [2.24, 2.45) is 0 Å². The number of amides is 1. The fourth-order valence-corrected chi connectivity index (χ4v) is 0.438. The molecule has 1 radical (unpaired) electrons. The van der Waals surface area contributed by atoms with Crippen LogP contribution in [0.5, 0.6) is 0 Å². The van der Waals surface area contributed by atoms with Gasteiger partial charge in [-0.05, 0) is 6.42 Å². The number of rotatable bonds is 3. The van der Waals surface area contributed by atoms with E-state index in [9.17, 15) is 4.79 Å². The molecule has 0 spiro atoms. The van der Waals surface area contributed by atoms with E-state index >= 15 is 0 Å². The summed E-state index contributed by atoms with van der Waals surface area (Å²) in [7, 11) is 1.32. The van der Waals surface area contributed by atoms with Crippen LogP contribution in [0.25, 0.3) is 0 Å². The van der Waals surface area contributed by atoms with Gasteiger partial charge in [0.05, 0.1) is 0 Å². The molecule has 0 saturated carbocycles. The molecule has 0 saturated heterocycles. The highest BCUT2D eigenvalue weighted by Crippen LogP contribution is 1.95. The average Bonchev–Trinajstić information content (AvgIpc) is 1.82. The molecule has 0 aliphatic heterocycles. The van der Waals surface area contributed by atoms with E-state index in [1.165, 1.54) is 7.05 Å². The molecule has 0 aromatic heterocycles. The van der Waals surface area contributed by atoms with Crippen LogP contribution in [0.15, 0.2) is 0 Å². The van der Waals surface area contributed by atoms with E-state index in [1.807, 2.05) is 0 Å². The molecule has 9 heavy (non-hydrogen) atoms. The summed E-state index contributed by atoms with van der Waals surface area (Å²) in [6, 6.07) is 0. The molecule has 0 unspecified atom stereocenters. The zero-order valence-corrected chi connectivity index (χ0v) is 5.63. The predicted octanol–water partition coefficient (Wildman–Crippen LogP) is 0.838. The quantitative estimate of drug-likeness (QED) is 0.454. The van der Waals surface area contributed by atoms with Gasteiger partial charge in [-0.25, -0.2) is 5.06 Å². The molecule has 0 atom stereocenters. The van der Waals surface area contributed by atoms with Gasteiger partial charge in [0.2, 0.25) is 5.91 Å². The van der Waals surface area contributed by atoms with Crippen molar-refractivity contribution >= 4 is 5.91 Å². The van der Waals surface area contributed by atoms with Crippen LogP contribution < -0.4 is 0 Å². The molecular formula is C6H12NO2. The SMILES string of the molecule is [CH2]CCCC(=O)N(C)O. The van der Waals surface area contributed by atoms with Gasteiger partial charge < -0.3 is 0 Å². The first-order chi connectivity index (χ1) is 4.18. The maximum absolute atomic E-state index is 10.5. The summed E-state index contributed by atoms with van der Waals surface area (Å²) in [5, 5.41) is 9.12. The third-order valence-corrected chi connectivity index (χ3v) is 1.00. The lowest BCUT2D eigenvalue weighted by Gasteiger charge is -2.05. The van der Waals surface area contributed by atoms with E-state index in [2.05, 4.69) is 6.92 Å². The maximum Gasteiger partial charge on any atom is 0.245 e. The predicted molar refractivity (Wildman–Crippen MR) is 33.8 cm³/mol. The van der Waals surface area contributed by atoms with E-state index in [0.29, 0.717) is 11.5 Å². The summed E-state index contributed by atoms with van der Waals surface area (Å²) in [5.74, 6) is -0.251. The minimum absolute atomic E-state index is 0.251. The number of hydroxylamine groups is 2. The molecule has 0 fully saturated rings. The smallest absolute Gasteiger partial charge is 0.245 e. The Morgan fingerprint density at radius 2 is 2.33 bits per heavy atom. The van der Waals surface area contributed by atoms with Gasteiger partial charge in [0, 0.05) is 13.5 Å². The van der Waals surface area contributed by atoms with Gasteiger partial charge in [0.15, 0.2) is 0 Å². The molecule has 1 N–H and O–H groups in total. The van der Waals surface area contributed by atoms with Crippen LogP contribution in [0.3, 0.4) is 0 Å². The van der Waals surface area contributed by atoms with Crippen molar-refractivity contribution in [2.45, 2.75) is 19.3 Å². The molecule has 0 aliphatic rings. The summed E-state index contributed by atoms with van der Waals surface area (Å²) in [4.78, 5) is 10.5. The van der Waals surface area contributed by atoms with Crippen LogP contribution >= 0.6 is 0 Å². The van der Waals surface area contributed by atoms with Gasteiger partial charge in [0.25, 0.3) is 0 Å². The van der Waals surface area contributed by atoms with Gasteiger partial charge in [-0.15, -0.1) is 0 Å². The van der Waals surface area contributed by atoms with E-state index in [1.54, 1.807) is 0 Å². The van der Waals surface area contributed by atoms with Gasteiger partial charge in [0.1, 0.15) is 0 Å². The molecule has 53 valence electrons. The lowest BCUT2D eigenvalue weighted by Crippen LogP contribution is -2.21. The highest BCUT2D eigenvalue weighted by Gasteiger charge is 2.02. The summed E-state index contributed by atoms with van der Waals surface area (Å²) < 4.78 is 0. The highest BCUT2D eigenvalue weighted by molar-refractivity contribution is 5.74. The van der Waals surface area contributed by atoms with Crippen molar-refractivity contribution in [3.63, 3.8) is 0 Å². The third-order valence-electron chi connectivity index (χ3n) is 1.00. The van der Waals surface area contributed by atoms with Crippen molar-refractivity contribution in [1.29, 1.82) is 0 Å². The van der Waals surface area contributed by atoms with E-state index in [0.717, 1.165) is 12.8 Å². The minimum Gasteiger partial charge on any atom is -0.286 e. The molecule has 3 heteroatoms. The summed E-state index contributed by atoms with van der Waals surface area (Å²) in [5.41, 5.74) is 0. The summed E-state index contributed by atoms with van der Waals surface area (Å²) >= 11 is 0. The Bertz CT molecular complexity index is 91.1. The van der Waals surface area contributed by atoms with Crippen molar-refractivity contribution in [1.82, 2.24) is 5.06 Å². The Labute approximate surface area is 55.2 Å². The first kappa shape index (κ1) is 8.43. The van der Waals surface area contributed by atoms with Crippen molar-refractivity contribution in [3.05, 3.63) is 6.92 Å². The largest absolute Gasteiger partial charge is 0.286 e. The molecule has 0 heterocycles. The van der Waals surface area contributed by atoms with Gasteiger partial charge in [-0.3, -0.25) is 10.0 Å². The number of nitrogens with zero attached hydrogens (tertiary/aromatic N) is 1. The number of carbonyl (C=O) groups excluding carboxylic acids is 1. The Balaban J connectivity index is 3.28. The summed E-state index contributed by atoms with van der Waals surface area (Å²) in [6.45, 7) is 3.56. The van der Waals surface area contributed by atoms with Gasteiger partial charge >= 0.3 is 0 Å². The van der Waals surface area contributed by atoms with Crippen molar-refractivity contribution in [2.75, 3.05) is 7.05 Å². The fraction of sp³-hybridized carbons (Fsp3) is 0.667. The topological polar surface area (TPSA) is 40.5 Å². The molecule has 0 aromatic rings. The Morgan fingerprint density at radius 1 is 1.78 bits per heavy atom. The average molecular weight is 130 g/mol. The number of hydrogen-bond acceptors (Lipinski definition) is 2. The van der Waals surface area contributed by atoms with Gasteiger partial charge in [-0.1, -0.05) is 13.3 Å². The second kappa shape index (κ2) is 4.32. The van der Waals surface area contributed by atoms with Crippen LogP contribution in [-0.2, 0) is 4.79 Å². The van der Waals surface area contributed by atoms with E-state index in [-0.39, 0.29) is 5.91 Å². The van der Waals surface area contributed by atoms with Crippen LogP contribution in [0.1, 0.15) is 19.3 Å². The zero-order chi connectivity index (χ0) is 7.28. The minimum atomic E-state index is -0.251. The standard InChI is InChI=1S/C6H12NO2/c1-3-4-5-6(8)7(2)9/h9H,1,3-5H2,2H3. The van der Waals surface area contributed by atoms with Crippen molar-refractivity contribution in [3.8, 4) is 0 Å². The molecule has 3 nitrogen and oxygen atoms in total. The van der Waals surface area contributed by atoms with Crippen LogP contribution in [0.2, 0.25) is 0 Å². The summed E-state index contributed by atoms with van der Waals surface area (Å²) in [6.07, 6.45) is 1.86. The van der Waals surface area contributed by atoms with Gasteiger partial charge in [-0.2, -0.15) is 0 Å². The molecule has 0 aromatic carbocycles. The molecule has 0 rings (SSSR count). The molecule has 0 bridgehead atoms. The van der Waals surface area contributed by atoms with E-state index in [4.69, 9.17) is 5.21 Å². The number of unbranched alkanes of at least 4 members (excludes halogenated alkanes) is 1.